The van der Waals surface area contributed by atoms with Crippen LogP contribution in [0.5, 0.6) is 0 Å². The van der Waals surface area contributed by atoms with Crippen molar-refractivity contribution in [1.29, 1.82) is 0 Å². The van der Waals surface area contributed by atoms with Crippen molar-refractivity contribution in [3.05, 3.63) is 0 Å². The summed E-state index contributed by atoms with van der Waals surface area (Å²) in [6.07, 6.45) is 0. The highest BCUT2D eigenvalue weighted by Gasteiger charge is 2.07. The minimum absolute atomic E-state index is 0.512. The molecule has 0 aliphatic heterocycles. The van der Waals surface area contributed by atoms with E-state index in [1.54, 1.807) is 0 Å². The maximum Gasteiger partial charge on any atom is 0.247 e. The van der Waals surface area contributed by atoms with Crippen molar-refractivity contribution >= 4 is 47.5 Å². The van der Waals surface area contributed by atoms with Crippen LogP contribution >= 0.6 is 43.6 Å². The lowest BCUT2D eigenvalue weighted by Crippen LogP contribution is -2.29. The molecule has 0 amide bonds. The summed E-state index contributed by atoms with van der Waals surface area (Å²) in [6.45, 7) is 6.89. The third-order valence-electron chi connectivity index (χ3n) is 1.09. The largest absolute Gasteiger partial charge is 0.311 e. The molecule has 0 radical (unpaired) electrons. The number of halogens is 2. The van der Waals surface area contributed by atoms with Gasteiger partial charge >= 0.3 is 0 Å². The third-order valence-corrected chi connectivity index (χ3v) is 7.10. The quantitative estimate of drug-likeness (QED) is 0.425. The molecule has 0 N–H and O–H groups in total. The molecular formula is C4H11I2NSi. The summed E-state index contributed by atoms with van der Waals surface area (Å²) in [7, 11) is 0. The number of hydrogen-bond acceptors (Lipinski definition) is 1. The fourth-order valence-electron chi connectivity index (χ4n) is 0.500. The van der Waals surface area contributed by atoms with Crippen LogP contribution in [0.4, 0.5) is 0 Å². The molecule has 8 heavy (non-hydrogen) atoms. The molecule has 0 spiro atoms. The lowest BCUT2D eigenvalue weighted by atomic mass is 10.7. The highest BCUT2D eigenvalue weighted by Crippen LogP contribution is 2.08. The van der Waals surface area contributed by atoms with E-state index in [2.05, 4.69) is 62.0 Å². The number of rotatable bonds is 3. The lowest BCUT2D eigenvalue weighted by molar-refractivity contribution is 0.502. The number of nitrogens with zero attached hydrogens (tertiary/aromatic N) is 1. The van der Waals surface area contributed by atoms with Gasteiger partial charge in [0.05, 0.1) is 0 Å². The van der Waals surface area contributed by atoms with E-state index in [4.69, 9.17) is 0 Å². The van der Waals surface area contributed by atoms with Gasteiger partial charge in [-0.25, -0.2) is 0 Å². The van der Waals surface area contributed by atoms with Gasteiger partial charge < -0.3 is 4.57 Å². The molecule has 0 aliphatic rings. The molecule has 50 valence electrons. The summed E-state index contributed by atoms with van der Waals surface area (Å²) >= 11 is 5.11. The summed E-state index contributed by atoms with van der Waals surface area (Å²) in [5.74, 6) is 0. The Kier molecular flexibility index (Phi) is 6.53. The maximum absolute atomic E-state index is 2.56. The predicted octanol–water partition coefficient (Wildman–Crippen LogP) is 1.92. The fourth-order valence-corrected chi connectivity index (χ4v) is 5.78. The van der Waals surface area contributed by atoms with E-state index in [0.29, 0.717) is 0 Å². The minimum atomic E-state index is -0.512. The van der Waals surface area contributed by atoms with E-state index in [1.807, 2.05) is 0 Å². The summed E-state index contributed by atoms with van der Waals surface area (Å²) in [5.41, 5.74) is 0. The average molecular weight is 355 g/mol. The summed E-state index contributed by atoms with van der Waals surface area (Å²) in [5, 5.41) is 0. The fraction of sp³-hybridized carbons (Fsp3) is 1.00. The van der Waals surface area contributed by atoms with Crippen molar-refractivity contribution in [2.45, 2.75) is 13.8 Å². The van der Waals surface area contributed by atoms with Gasteiger partial charge in [0.2, 0.25) is 3.95 Å². The van der Waals surface area contributed by atoms with E-state index in [0.717, 1.165) is 0 Å². The van der Waals surface area contributed by atoms with E-state index in [1.165, 1.54) is 13.1 Å². The van der Waals surface area contributed by atoms with Crippen LogP contribution in [0.15, 0.2) is 0 Å². The van der Waals surface area contributed by atoms with E-state index in [-0.39, 0.29) is 0 Å². The lowest BCUT2D eigenvalue weighted by Gasteiger charge is -2.17. The van der Waals surface area contributed by atoms with E-state index < -0.39 is 3.95 Å². The second-order valence-electron chi connectivity index (χ2n) is 1.50. The third kappa shape index (κ3) is 3.62. The molecule has 0 aromatic rings. The van der Waals surface area contributed by atoms with Crippen LogP contribution < -0.4 is 0 Å². The Morgan fingerprint density at radius 3 is 1.62 bits per heavy atom. The van der Waals surface area contributed by atoms with Gasteiger partial charge in [0.15, 0.2) is 0 Å². The van der Waals surface area contributed by atoms with Gasteiger partial charge in [-0.05, 0) is 13.1 Å². The maximum atomic E-state index is 2.56. The molecule has 0 atom stereocenters. The van der Waals surface area contributed by atoms with Crippen molar-refractivity contribution in [3.63, 3.8) is 0 Å². The van der Waals surface area contributed by atoms with Crippen LogP contribution in [-0.4, -0.2) is 21.6 Å². The van der Waals surface area contributed by atoms with Gasteiger partial charge in [0, 0.05) is 0 Å². The Labute approximate surface area is 78.3 Å². The minimum Gasteiger partial charge on any atom is -0.311 e. The Balaban J connectivity index is 3.35. The Morgan fingerprint density at radius 1 is 1.25 bits per heavy atom. The molecule has 0 heterocycles. The molecule has 0 bridgehead atoms. The van der Waals surface area contributed by atoms with Crippen molar-refractivity contribution in [1.82, 2.24) is 4.57 Å². The first kappa shape index (κ1) is 9.64. The molecular weight excluding hydrogens is 344 g/mol. The highest BCUT2D eigenvalue weighted by molar-refractivity contribution is 14.3. The van der Waals surface area contributed by atoms with Gasteiger partial charge in [-0.2, -0.15) is 0 Å². The van der Waals surface area contributed by atoms with Crippen LogP contribution in [-0.2, 0) is 0 Å². The van der Waals surface area contributed by atoms with Crippen LogP contribution in [0.1, 0.15) is 13.8 Å². The topological polar surface area (TPSA) is 3.24 Å². The zero-order valence-electron chi connectivity index (χ0n) is 5.19. The summed E-state index contributed by atoms with van der Waals surface area (Å²) in [6, 6.07) is 0. The van der Waals surface area contributed by atoms with Crippen LogP contribution in [0.2, 0.25) is 0 Å². The first-order valence-electron chi connectivity index (χ1n) is 2.74. The van der Waals surface area contributed by atoms with Crippen molar-refractivity contribution < 1.29 is 0 Å². The second-order valence-corrected chi connectivity index (χ2v) is 17.0. The van der Waals surface area contributed by atoms with Gasteiger partial charge in [-0.3, -0.25) is 0 Å². The van der Waals surface area contributed by atoms with E-state index >= 15 is 0 Å². The number of hydrogen-bond donors (Lipinski definition) is 0. The first-order chi connectivity index (χ1) is 3.72. The van der Waals surface area contributed by atoms with E-state index in [9.17, 15) is 0 Å². The van der Waals surface area contributed by atoms with Gasteiger partial charge in [0.1, 0.15) is 0 Å². The van der Waals surface area contributed by atoms with Crippen LogP contribution in [0, 0.1) is 0 Å². The Hall–Kier alpha value is 1.64. The molecule has 1 nitrogen and oxygen atoms in total. The molecule has 0 aliphatic carbocycles. The molecule has 0 unspecified atom stereocenters. The molecule has 0 saturated heterocycles. The van der Waals surface area contributed by atoms with Gasteiger partial charge in [-0.15, -0.1) is 0 Å². The SMILES string of the molecule is CCN(CC)[SiH](I)I. The summed E-state index contributed by atoms with van der Waals surface area (Å²) < 4.78 is 2.02. The van der Waals surface area contributed by atoms with Crippen molar-refractivity contribution in [3.8, 4) is 0 Å². The zero-order chi connectivity index (χ0) is 6.57. The van der Waals surface area contributed by atoms with Gasteiger partial charge in [-0.1, -0.05) is 57.4 Å². The predicted molar refractivity (Wildman–Crippen MR) is 58.1 cm³/mol. The molecule has 0 fully saturated rings. The molecule has 0 rings (SSSR count). The summed E-state index contributed by atoms with van der Waals surface area (Å²) in [4.78, 5) is 0. The van der Waals surface area contributed by atoms with Crippen molar-refractivity contribution in [2.75, 3.05) is 13.1 Å². The smallest absolute Gasteiger partial charge is 0.247 e. The van der Waals surface area contributed by atoms with Crippen LogP contribution in [0.25, 0.3) is 0 Å². The normalized spacial score (nSPS) is 11.2. The second kappa shape index (κ2) is 5.42. The molecule has 0 saturated carbocycles. The van der Waals surface area contributed by atoms with Crippen molar-refractivity contribution in [2.24, 2.45) is 0 Å². The van der Waals surface area contributed by atoms with Gasteiger partial charge in [0.25, 0.3) is 0 Å². The Morgan fingerprint density at radius 2 is 1.62 bits per heavy atom. The highest BCUT2D eigenvalue weighted by atomic mass is 127. The zero-order valence-corrected chi connectivity index (χ0v) is 10.7. The Bertz CT molecular complexity index is 56.0. The van der Waals surface area contributed by atoms with Crippen LogP contribution in [0.3, 0.4) is 0 Å². The molecule has 4 heteroatoms. The first-order valence-corrected chi connectivity index (χ1v) is 11.6. The molecule has 0 aromatic carbocycles. The molecule has 0 aromatic heterocycles. The standard InChI is InChI=1S/C4H11I2NSi/c1-3-7(4-2)8(5)6/h8H,3-4H2,1-2H3. The monoisotopic (exact) mass is 355 g/mol. The average Bonchev–Trinajstić information content (AvgIpc) is 1.69.